The zero-order valence-corrected chi connectivity index (χ0v) is 15.6. The van der Waals surface area contributed by atoms with Crippen LogP contribution in [0.25, 0.3) is 0 Å². The maximum Gasteiger partial charge on any atom is 0.326 e. The molecule has 0 radical (unpaired) electrons. The van der Waals surface area contributed by atoms with E-state index in [4.69, 9.17) is 15.4 Å². The van der Waals surface area contributed by atoms with E-state index in [-0.39, 0.29) is 10.5 Å². The van der Waals surface area contributed by atoms with Crippen molar-refractivity contribution in [2.24, 2.45) is 5.14 Å². The van der Waals surface area contributed by atoms with Crippen molar-refractivity contribution in [3.8, 4) is 0 Å². The number of rotatable bonds is 10. The van der Waals surface area contributed by atoms with Crippen molar-refractivity contribution in [3.63, 3.8) is 0 Å². The first-order valence-electron chi connectivity index (χ1n) is 7.82. The van der Waals surface area contributed by atoms with E-state index < -0.39 is 65.2 Å². The van der Waals surface area contributed by atoms with E-state index in [1.807, 2.05) is 5.32 Å². The lowest BCUT2D eigenvalue weighted by Gasteiger charge is -2.13. The highest BCUT2D eigenvalue weighted by Crippen LogP contribution is 2.08. The molecular formula is C15H18N4O9S. The van der Waals surface area contributed by atoms with Gasteiger partial charge in [0.25, 0.3) is 5.91 Å². The molecule has 13 nitrogen and oxygen atoms in total. The maximum atomic E-state index is 11.9. The minimum Gasteiger partial charge on any atom is -0.481 e. The fourth-order valence-corrected chi connectivity index (χ4v) is 2.44. The number of nitrogens with one attached hydrogen (secondary N) is 3. The summed E-state index contributed by atoms with van der Waals surface area (Å²) < 4.78 is 22.3. The summed E-state index contributed by atoms with van der Waals surface area (Å²) in [7, 11) is -3.91. The molecule has 1 atom stereocenters. The maximum absolute atomic E-state index is 11.9. The Kier molecular flexibility index (Phi) is 8.22. The topological polar surface area (TPSA) is 222 Å². The van der Waals surface area contributed by atoms with E-state index in [0.717, 1.165) is 12.1 Å². The molecule has 0 unspecified atom stereocenters. The summed E-state index contributed by atoms with van der Waals surface area (Å²) >= 11 is 0. The Balaban J connectivity index is 2.46. The number of carboxylic acid groups (broad SMARTS) is 2. The molecule has 0 aromatic heterocycles. The highest BCUT2D eigenvalue weighted by atomic mass is 32.2. The van der Waals surface area contributed by atoms with Gasteiger partial charge in [-0.15, -0.1) is 0 Å². The number of amides is 3. The average Bonchev–Trinajstić information content (AvgIpc) is 2.62. The number of benzene rings is 1. The van der Waals surface area contributed by atoms with Crippen molar-refractivity contribution in [1.82, 2.24) is 16.0 Å². The Hall–Kier alpha value is -3.52. The van der Waals surface area contributed by atoms with Crippen molar-refractivity contribution in [1.29, 1.82) is 0 Å². The molecule has 7 N–H and O–H groups in total. The number of carboxylic acids is 2. The zero-order chi connectivity index (χ0) is 22.2. The molecule has 0 heterocycles. The van der Waals surface area contributed by atoms with Gasteiger partial charge in [0.15, 0.2) is 0 Å². The number of primary sulfonamides is 1. The number of nitrogens with two attached hydrogens (primary N) is 1. The van der Waals surface area contributed by atoms with Crippen LogP contribution in [-0.2, 0) is 29.2 Å². The lowest BCUT2D eigenvalue weighted by molar-refractivity contribution is -0.147. The Morgan fingerprint density at radius 2 is 1.48 bits per heavy atom. The van der Waals surface area contributed by atoms with Gasteiger partial charge >= 0.3 is 11.9 Å². The normalized spacial score (nSPS) is 11.8. The third-order valence-corrected chi connectivity index (χ3v) is 4.24. The second-order valence-electron chi connectivity index (χ2n) is 5.58. The van der Waals surface area contributed by atoms with E-state index in [0.29, 0.717) is 0 Å². The molecule has 0 fully saturated rings. The molecule has 3 amide bonds. The molecule has 1 aromatic rings. The molecule has 0 aliphatic rings. The van der Waals surface area contributed by atoms with Crippen LogP contribution in [-0.4, -0.2) is 67.4 Å². The average molecular weight is 430 g/mol. The van der Waals surface area contributed by atoms with E-state index in [2.05, 4.69) is 10.6 Å². The quantitative estimate of drug-likeness (QED) is 0.225. The van der Waals surface area contributed by atoms with Gasteiger partial charge < -0.3 is 26.2 Å². The molecule has 0 saturated carbocycles. The minimum absolute atomic E-state index is 0.0564. The Morgan fingerprint density at radius 3 is 1.97 bits per heavy atom. The summed E-state index contributed by atoms with van der Waals surface area (Å²) in [4.78, 5) is 56.3. The molecule has 29 heavy (non-hydrogen) atoms. The highest BCUT2D eigenvalue weighted by molar-refractivity contribution is 7.89. The van der Waals surface area contributed by atoms with Crippen molar-refractivity contribution in [3.05, 3.63) is 29.8 Å². The smallest absolute Gasteiger partial charge is 0.326 e. The van der Waals surface area contributed by atoms with Gasteiger partial charge in [-0.2, -0.15) is 0 Å². The molecule has 158 valence electrons. The molecule has 0 aliphatic heterocycles. The number of hydrogen-bond acceptors (Lipinski definition) is 7. The predicted molar refractivity (Wildman–Crippen MR) is 95.0 cm³/mol. The molecule has 1 rings (SSSR count). The van der Waals surface area contributed by atoms with Gasteiger partial charge in [0, 0.05) is 5.56 Å². The van der Waals surface area contributed by atoms with Crippen molar-refractivity contribution >= 4 is 39.7 Å². The number of carbonyl (C=O) groups excluding carboxylic acids is 3. The molecule has 0 spiro atoms. The summed E-state index contributed by atoms with van der Waals surface area (Å²) in [5, 5.41) is 28.6. The van der Waals surface area contributed by atoms with Gasteiger partial charge in [-0.25, -0.2) is 18.4 Å². The molecule has 0 bridgehead atoms. The summed E-state index contributed by atoms with van der Waals surface area (Å²) in [6, 6.07) is 2.95. The van der Waals surface area contributed by atoms with Gasteiger partial charge in [-0.1, -0.05) is 0 Å². The lowest BCUT2D eigenvalue weighted by Crippen LogP contribution is -2.47. The first kappa shape index (κ1) is 23.5. The predicted octanol–water partition coefficient (Wildman–Crippen LogP) is -2.78. The first-order chi connectivity index (χ1) is 13.4. The molecular weight excluding hydrogens is 412 g/mol. The van der Waals surface area contributed by atoms with Crippen LogP contribution in [0.2, 0.25) is 0 Å². The third kappa shape index (κ3) is 8.35. The molecule has 1 aromatic carbocycles. The molecule has 0 aliphatic carbocycles. The second kappa shape index (κ2) is 10.1. The minimum atomic E-state index is -3.91. The lowest BCUT2D eigenvalue weighted by atomic mass is 10.2. The molecule has 0 saturated heterocycles. The van der Waals surface area contributed by atoms with Crippen LogP contribution in [0.4, 0.5) is 0 Å². The van der Waals surface area contributed by atoms with E-state index in [1.165, 1.54) is 12.1 Å². The van der Waals surface area contributed by atoms with Crippen molar-refractivity contribution < 1.29 is 42.6 Å². The third-order valence-electron chi connectivity index (χ3n) is 3.31. The van der Waals surface area contributed by atoms with Crippen LogP contribution in [0.5, 0.6) is 0 Å². The first-order valence-corrected chi connectivity index (χ1v) is 9.36. The number of sulfonamides is 1. The van der Waals surface area contributed by atoms with Gasteiger partial charge in [0.1, 0.15) is 6.04 Å². The van der Waals surface area contributed by atoms with Gasteiger partial charge in [-0.3, -0.25) is 19.2 Å². The SMILES string of the molecule is NS(=O)(=O)c1ccc(C(=O)NCC(=O)NCC(=O)N[C@@H](CC(=O)O)C(=O)O)cc1. The van der Waals surface area contributed by atoms with Crippen molar-refractivity contribution in [2.45, 2.75) is 17.4 Å². The summed E-state index contributed by atoms with van der Waals surface area (Å²) in [5.74, 6) is -5.39. The second-order valence-corrected chi connectivity index (χ2v) is 7.15. The number of hydrogen-bond donors (Lipinski definition) is 6. The largest absolute Gasteiger partial charge is 0.481 e. The summed E-state index contributed by atoms with van der Waals surface area (Å²) in [6.45, 7) is -1.16. The Labute approximate surface area is 164 Å². The number of aliphatic carboxylic acids is 2. The van der Waals surface area contributed by atoms with Crippen LogP contribution in [0.3, 0.4) is 0 Å². The van der Waals surface area contributed by atoms with Crippen LogP contribution >= 0.6 is 0 Å². The Bertz CT molecular complexity index is 912. The van der Waals surface area contributed by atoms with Crippen LogP contribution < -0.4 is 21.1 Å². The number of carbonyl (C=O) groups is 5. The standard InChI is InChI=1S/C15H18N4O9S/c16-29(27,28)9-3-1-8(2-4-9)14(24)18-6-11(20)17-7-12(21)19-10(15(25)26)5-13(22)23/h1-4,10H,5-7H2,(H,17,20)(H,18,24)(H,19,21)(H,22,23)(H,25,26)(H2,16,27,28)/t10-/m0/s1. The van der Waals surface area contributed by atoms with E-state index in [1.54, 1.807) is 0 Å². The van der Waals surface area contributed by atoms with Crippen LogP contribution in [0, 0.1) is 0 Å². The van der Waals surface area contributed by atoms with E-state index in [9.17, 15) is 32.4 Å². The summed E-state index contributed by atoms with van der Waals surface area (Å²) in [6.07, 6.45) is -0.838. The highest BCUT2D eigenvalue weighted by Gasteiger charge is 2.23. The molecule has 14 heteroatoms. The summed E-state index contributed by atoms with van der Waals surface area (Å²) in [5.41, 5.74) is 0.0564. The van der Waals surface area contributed by atoms with Crippen LogP contribution in [0.1, 0.15) is 16.8 Å². The van der Waals surface area contributed by atoms with Gasteiger partial charge in [0.2, 0.25) is 21.8 Å². The van der Waals surface area contributed by atoms with Crippen LogP contribution in [0.15, 0.2) is 29.2 Å². The van der Waals surface area contributed by atoms with Crippen molar-refractivity contribution in [2.75, 3.05) is 13.1 Å². The van der Waals surface area contributed by atoms with Gasteiger partial charge in [0.05, 0.1) is 24.4 Å². The zero-order valence-electron chi connectivity index (χ0n) is 14.7. The van der Waals surface area contributed by atoms with Gasteiger partial charge in [-0.05, 0) is 24.3 Å². The fourth-order valence-electron chi connectivity index (χ4n) is 1.92. The monoisotopic (exact) mass is 430 g/mol. The fraction of sp³-hybridized carbons (Fsp3) is 0.267. The van der Waals surface area contributed by atoms with E-state index >= 15 is 0 Å². The Morgan fingerprint density at radius 1 is 0.931 bits per heavy atom.